The van der Waals surface area contributed by atoms with Crippen molar-refractivity contribution in [2.45, 2.75) is 5.03 Å². The van der Waals surface area contributed by atoms with E-state index in [9.17, 15) is 4.39 Å². The van der Waals surface area contributed by atoms with E-state index in [1.54, 1.807) is 28.9 Å². The summed E-state index contributed by atoms with van der Waals surface area (Å²) in [5.74, 6) is 0.260. The number of halogens is 2. The molecule has 3 heterocycles. The Morgan fingerprint density at radius 3 is 2.64 bits per heavy atom. The van der Waals surface area contributed by atoms with Crippen molar-refractivity contribution in [2.75, 3.05) is 6.26 Å². The highest BCUT2D eigenvalue weighted by atomic mass is 35.5. The number of hydrogen-bond acceptors (Lipinski definition) is 4. The molecule has 124 valence electrons. The van der Waals surface area contributed by atoms with Gasteiger partial charge in [-0.2, -0.15) is 5.10 Å². The molecule has 1 aromatic carbocycles. The summed E-state index contributed by atoms with van der Waals surface area (Å²) in [5, 5.41) is 5.96. The topological polar surface area (TPSA) is 43.1 Å². The molecular formula is C18H12ClFN4S. The number of benzene rings is 1. The van der Waals surface area contributed by atoms with Crippen molar-refractivity contribution in [3.63, 3.8) is 0 Å². The number of nitrogens with zero attached hydrogens (tertiary/aromatic N) is 4. The lowest BCUT2D eigenvalue weighted by atomic mass is 10.1. The quantitative estimate of drug-likeness (QED) is 0.290. The van der Waals surface area contributed by atoms with Gasteiger partial charge in [0.15, 0.2) is 5.82 Å². The van der Waals surface area contributed by atoms with Gasteiger partial charge in [0.25, 0.3) is 0 Å². The summed E-state index contributed by atoms with van der Waals surface area (Å²) in [7, 11) is 0. The molecule has 0 bridgehead atoms. The summed E-state index contributed by atoms with van der Waals surface area (Å²) in [4.78, 5) is 9.02. The molecule has 0 fully saturated rings. The van der Waals surface area contributed by atoms with Crippen molar-refractivity contribution >= 4 is 28.9 Å². The maximum absolute atomic E-state index is 13.3. The minimum Gasteiger partial charge on any atom is -0.236 e. The first-order valence-corrected chi connectivity index (χ1v) is 9.08. The largest absolute Gasteiger partial charge is 0.236 e. The van der Waals surface area contributed by atoms with Crippen molar-refractivity contribution < 1.29 is 4.39 Å². The van der Waals surface area contributed by atoms with Crippen molar-refractivity contribution in [3.05, 3.63) is 65.7 Å². The highest BCUT2D eigenvalue weighted by molar-refractivity contribution is 7.98. The first kappa shape index (κ1) is 16.1. The maximum atomic E-state index is 13.3. The zero-order valence-corrected chi connectivity index (χ0v) is 14.7. The van der Waals surface area contributed by atoms with E-state index < -0.39 is 0 Å². The van der Waals surface area contributed by atoms with Gasteiger partial charge in [0.2, 0.25) is 0 Å². The van der Waals surface area contributed by atoms with Crippen LogP contribution in [0, 0.1) is 5.82 Å². The Hall–Kier alpha value is -2.44. The minimum atomic E-state index is -0.298. The first-order valence-electron chi connectivity index (χ1n) is 7.48. The lowest BCUT2D eigenvalue weighted by Gasteiger charge is -2.04. The maximum Gasteiger partial charge on any atom is 0.164 e. The summed E-state index contributed by atoms with van der Waals surface area (Å²) in [5.41, 5.74) is 3.00. The molecule has 3 aromatic heterocycles. The van der Waals surface area contributed by atoms with Crippen molar-refractivity contribution in [1.82, 2.24) is 19.6 Å². The van der Waals surface area contributed by atoms with Gasteiger partial charge in [-0.25, -0.2) is 18.9 Å². The van der Waals surface area contributed by atoms with Crippen LogP contribution in [0.2, 0.25) is 5.15 Å². The third kappa shape index (κ3) is 2.88. The van der Waals surface area contributed by atoms with E-state index in [0.717, 1.165) is 21.7 Å². The molecule has 0 unspecified atom stereocenters. The molecule has 0 saturated heterocycles. The number of thioether (sulfide) groups is 1. The lowest BCUT2D eigenvalue weighted by molar-refractivity contribution is 0.628. The molecule has 0 amide bonds. The van der Waals surface area contributed by atoms with Crippen LogP contribution in [0.15, 0.2) is 59.8 Å². The summed E-state index contributed by atoms with van der Waals surface area (Å²) in [6.45, 7) is 0. The molecule has 0 atom stereocenters. The summed E-state index contributed by atoms with van der Waals surface area (Å²) in [6.07, 6.45) is 3.68. The molecule has 0 aliphatic carbocycles. The Kier molecular flexibility index (Phi) is 4.15. The van der Waals surface area contributed by atoms with Crippen LogP contribution in [0.25, 0.3) is 28.2 Å². The van der Waals surface area contributed by atoms with Crippen molar-refractivity contribution in [1.29, 1.82) is 0 Å². The SMILES string of the molecule is CSc1ccnc(-c2c(-c3ccc(F)cc3)nn3c(Cl)cccc23)n1. The number of fused-ring (bicyclic) bond motifs is 1. The molecule has 0 radical (unpaired) electrons. The average Bonchev–Trinajstić information content (AvgIpc) is 3.03. The second-order valence-electron chi connectivity index (χ2n) is 5.30. The van der Waals surface area contributed by atoms with Gasteiger partial charge in [-0.3, -0.25) is 0 Å². The van der Waals surface area contributed by atoms with Crippen molar-refractivity contribution in [2.24, 2.45) is 0 Å². The second kappa shape index (κ2) is 6.46. The van der Waals surface area contributed by atoms with Gasteiger partial charge in [0, 0.05) is 11.8 Å². The van der Waals surface area contributed by atoms with Gasteiger partial charge in [-0.15, -0.1) is 11.8 Å². The molecule has 4 nitrogen and oxygen atoms in total. The van der Waals surface area contributed by atoms with Gasteiger partial charge < -0.3 is 0 Å². The number of hydrogen-bond donors (Lipinski definition) is 0. The summed E-state index contributed by atoms with van der Waals surface area (Å²) in [6, 6.07) is 13.6. The Morgan fingerprint density at radius 2 is 1.88 bits per heavy atom. The van der Waals surface area contributed by atoms with Crippen LogP contribution in [0.1, 0.15) is 0 Å². The molecule has 4 aromatic rings. The third-order valence-electron chi connectivity index (χ3n) is 3.79. The van der Waals surface area contributed by atoms with Crippen LogP contribution in [0.4, 0.5) is 4.39 Å². The molecule has 0 saturated carbocycles. The van der Waals surface area contributed by atoms with Crippen LogP contribution in [0.5, 0.6) is 0 Å². The number of rotatable bonds is 3. The predicted molar refractivity (Wildman–Crippen MR) is 98.4 cm³/mol. The highest BCUT2D eigenvalue weighted by Crippen LogP contribution is 2.35. The monoisotopic (exact) mass is 370 g/mol. The van der Waals surface area contributed by atoms with Crippen LogP contribution < -0.4 is 0 Å². The van der Waals surface area contributed by atoms with Crippen LogP contribution in [0.3, 0.4) is 0 Å². The fourth-order valence-corrected chi connectivity index (χ4v) is 3.22. The van der Waals surface area contributed by atoms with Crippen LogP contribution in [-0.4, -0.2) is 25.8 Å². The predicted octanol–water partition coefficient (Wildman–Crippen LogP) is 4.97. The van der Waals surface area contributed by atoms with Gasteiger partial charge in [0.1, 0.15) is 16.7 Å². The normalized spacial score (nSPS) is 11.2. The molecule has 25 heavy (non-hydrogen) atoms. The lowest BCUT2D eigenvalue weighted by Crippen LogP contribution is -1.92. The third-order valence-corrected chi connectivity index (χ3v) is 4.72. The zero-order chi connectivity index (χ0) is 17.4. The molecule has 0 spiro atoms. The van der Waals surface area contributed by atoms with E-state index in [1.165, 1.54) is 23.9 Å². The van der Waals surface area contributed by atoms with Gasteiger partial charge in [-0.1, -0.05) is 17.7 Å². The Morgan fingerprint density at radius 1 is 1.08 bits per heavy atom. The zero-order valence-electron chi connectivity index (χ0n) is 13.1. The van der Waals surface area contributed by atoms with E-state index >= 15 is 0 Å². The average molecular weight is 371 g/mol. The molecule has 0 aliphatic rings. The Bertz CT molecular complexity index is 1060. The van der Waals surface area contributed by atoms with E-state index in [-0.39, 0.29) is 5.82 Å². The van der Waals surface area contributed by atoms with E-state index in [2.05, 4.69) is 15.1 Å². The van der Waals surface area contributed by atoms with Gasteiger partial charge >= 0.3 is 0 Å². The van der Waals surface area contributed by atoms with Gasteiger partial charge in [0.05, 0.1) is 16.1 Å². The van der Waals surface area contributed by atoms with Crippen molar-refractivity contribution in [3.8, 4) is 22.6 Å². The standard InChI is InChI=1S/C18H12ClFN4S/c1-25-15-9-10-21-18(22-15)16-13-3-2-4-14(19)24(13)23-17(16)11-5-7-12(20)8-6-11/h2-10H,1H3. The van der Waals surface area contributed by atoms with E-state index in [1.807, 2.05) is 24.5 Å². The smallest absolute Gasteiger partial charge is 0.164 e. The highest BCUT2D eigenvalue weighted by Gasteiger charge is 2.20. The Balaban J connectivity index is 2.04. The van der Waals surface area contributed by atoms with Crippen LogP contribution >= 0.6 is 23.4 Å². The summed E-state index contributed by atoms with van der Waals surface area (Å²) >= 11 is 7.84. The Labute approximate surface area is 152 Å². The fraction of sp³-hybridized carbons (Fsp3) is 0.0556. The number of aromatic nitrogens is 4. The molecule has 4 rings (SSSR count). The molecular weight excluding hydrogens is 359 g/mol. The van der Waals surface area contributed by atoms with E-state index in [0.29, 0.717) is 16.7 Å². The molecule has 0 aliphatic heterocycles. The van der Waals surface area contributed by atoms with E-state index in [4.69, 9.17) is 11.6 Å². The molecule has 0 N–H and O–H groups in total. The van der Waals surface area contributed by atoms with Crippen LogP contribution in [-0.2, 0) is 0 Å². The first-order chi connectivity index (χ1) is 12.2. The minimum absolute atomic E-state index is 0.298. The number of pyridine rings is 1. The second-order valence-corrected chi connectivity index (χ2v) is 6.51. The fourth-order valence-electron chi connectivity index (χ4n) is 2.64. The van der Waals surface area contributed by atoms with Gasteiger partial charge in [-0.05, 0) is 48.7 Å². The summed E-state index contributed by atoms with van der Waals surface area (Å²) < 4.78 is 15.0. The molecule has 7 heteroatoms.